The predicted molar refractivity (Wildman–Crippen MR) is 81.8 cm³/mol. The smallest absolute Gasteiger partial charge is 0.335 e. The van der Waals surface area contributed by atoms with Gasteiger partial charge in [-0.25, -0.2) is 9.59 Å². The largest absolute Gasteiger partial charge is 0.478 e. The fourth-order valence-corrected chi connectivity index (χ4v) is 2.91. The SMILES string of the molecule is CCN(C(=O)Nc1ccc(C(=O)O)cc1C)C1CCCC1. The number of hydrogen-bond acceptors (Lipinski definition) is 2. The Morgan fingerprint density at radius 2 is 2.00 bits per heavy atom. The lowest BCUT2D eigenvalue weighted by molar-refractivity contribution is 0.0697. The zero-order valence-electron chi connectivity index (χ0n) is 12.6. The predicted octanol–water partition coefficient (Wildman–Crippen LogP) is 3.49. The van der Waals surface area contributed by atoms with Crippen LogP contribution >= 0.6 is 0 Å². The molecule has 1 fully saturated rings. The Morgan fingerprint density at radius 3 is 2.52 bits per heavy atom. The van der Waals surface area contributed by atoms with Crippen LogP contribution in [0.4, 0.5) is 10.5 Å². The topological polar surface area (TPSA) is 69.6 Å². The van der Waals surface area contributed by atoms with Gasteiger partial charge in [-0.3, -0.25) is 0 Å². The highest BCUT2D eigenvalue weighted by molar-refractivity contribution is 5.92. The number of carboxylic acid groups (broad SMARTS) is 1. The number of urea groups is 1. The second kappa shape index (κ2) is 6.61. The summed E-state index contributed by atoms with van der Waals surface area (Å²) >= 11 is 0. The number of carboxylic acids is 1. The number of carbonyl (C=O) groups excluding carboxylic acids is 1. The summed E-state index contributed by atoms with van der Waals surface area (Å²) in [7, 11) is 0. The van der Waals surface area contributed by atoms with Crippen molar-refractivity contribution in [3.63, 3.8) is 0 Å². The molecule has 21 heavy (non-hydrogen) atoms. The molecule has 1 aromatic carbocycles. The average molecular weight is 290 g/mol. The molecule has 0 radical (unpaired) electrons. The lowest BCUT2D eigenvalue weighted by Crippen LogP contribution is -2.41. The molecule has 5 heteroatoms. The summed E-state index contributed by atoms with van der Waals surface area (Å²) in [5.74, 6) is -0.961. The molecule has 0 atom stereocenters. The monoisotopic (exact) mass is 290 g/mol. The number of benzene rings is 1. The highest BCUT2D eigenvalue weighted by Crippen LogP contribution is 2.24. The first-order chi connectivity index (χ1) is 10.0. The summed E-state index contributed by atoms with van der Waals surface area (Å²) in [6, 6.07) is 4.96. The van der Waals surface area contributed by atoms with E-state index in [2.05, 4.69) is 5.32 Å². The van der Waals surface area contributed by atoms with Crippen LogP contribution in [-0.2, 0) is 0 Å². The van der Waals surface area contributed by atoms with Crippen LogP contribution in [0.15, 0.2) is 18.2 Å². The van der Waals surface area contributed by atoms with E-state index in [1.54, 1.807) is 19.1 Å². The van der Waals surface area contributed by atoms with E-state index in [1.807, 2.05) is 11.8 Å². The number of nitrogens with one attached hydrogen (secondary N) is 1. The van der Waals surface area contributed by atoms with Gasteiger partial charge in [-0.1, -0.05) is 12.8 Å². The van der Waals surface area contributed by atoms with Gasteiger partial charge in [0.2, 0.25) is 0 Å². The van der Waals surface area contributed by atoms with E-state index in [1.165, 1.54) is 18.9 Å². The molecule has 0 spiro atoms. The molecule has 1 aliphatic carbocycles. The van der Waals surface area contributed by atoms with Crippen LogP contribution in [0, 0.1) is 6.92 Å². The number of aryl methyl sites for hydroxylation is 1. The Labute approximate surface area is 125 Å². The number of aromatic carboxylic acids is 1. The zero-order valence-corrected chi connectivity index (χ0v) is 12.6. The van der Waals surface area contributed by atoms with Crippen molar-refractivity contribution in [1.29, 1.82) is 0 Å². The van der Waals surface area contributed by atoms with Crippen LogP contribution in [0.25, 0.3) is 0 Å². The van der Waals surface area contributed by atoms with Gasteiger partial charge in [0.05, 0.1) is 5.56 Å². The zero-order chi connectivity index (χ0) is 15.4. The fourth-order valence-electron chi connectivity index (χ4n) is 2.91. The molecular weight excluding hydrogens is 268 g/mol. The van der Waals surface area contributed by atoms with Gasteiger partial charge in [0.25, 0.3) is 0 Å². The lowest BCUT2D eigenvalue weighted by Gasteiger charge is -2.28. The van der Waals surface area contributed by atoms with Gasteiger partial charge < -0.3 is 15.3 Å². The minimum Gasteiger partial charge on any atom is -0.478 e. The third kappa shape index (κ3) is 3.54. The van der Waals surface area contributed by atoms with Crippen LogP contribution in [-0.4, -0.2) is 34.6 Å². The Bertz CT molecular complexity index is 536. The van der Waals surface area contributed by atoms with Crippen molar-refractivity contribution in [2.75, 3.05) is 11.9 Å². The first kappa shape index (κ1) is 15.4. The fraction of sp³-hybridized carbons (Fsp3) is 0.500. The molecule has 2 amide bonds. The molecule has 0 bridgehead atoms. The van der Waals surface area contributed by atoms with Crippen molar-refractivity contribution in [3.8, 4) is 0 Å². The third-order valence-electron chi connectivity index (χ3n) is 4.08. The van der Waals surface area contributed by atoms with Gasteiger partial charge in [-0.2, -0.15) is 0 Å². The van der Waals surface area contributed by atoms with Gasteiger partial charge in [0.1, 0.15) is 0 Å². The molecule has 0 saturated heterocycles. The molecule has 0 aliphatic heterocycles. The van der Waals surface area contributed by atoms with E-state index >= 15 is 0 Å². The van der Waals surface area contributed by atoms with Gasteiger partial charge in [0, 0.05) is 18.3 Å². The van der Waals surface area contributed by atoms with Crippen LogP contribution in [0.2, 0.25) is 0 Å². The Hall–Kier alpha value is -2.04. The lowest BCUT2D eigenvalue weighted by atomic mass is 10.1. The van der Waals surface area contributed by atoms with E-state index in [0.29, 0.717) is 18.3 Å². The van der Waals surface area contributed by atoms with Crippen LogP contribution < -0.4 is 5.32 Å². The summed E-state index contributed by atoms with van der Waals surface area (Å²) in [5.41, 5.74) is 1.65. The first-order valence-electron chi connectivity index (χ1n) is 7.44. The molecule has 0 heterocycles. The molecule has 5 nitrogen and oxygen atoms in total. The normalized spacial score (nSPS) is 15.0. The van der Waals surface area contributed by atoms with Crippen molar-refractivity contribution in [2.45, 2.75) is 45.6 Å². The van der Waals surface area contributed by atoms with Crippen molar-refractivity contribution < 1.29 is 14.7 Å². The van der Waals surface area contributed by atoms with Crippen LogP contribution in [0.3, 0.4) is 0 Å². The maximum Gasteiger partial charge on any atom is 0.335 e. The third-order valence-corrected chi connectivity index (χ3v) is 4.08. The second-order valence-corrected chi connectivity index (χ2v) is 5.49. The molecule has 0 unspecified atom stereocenters. The number of nitrogens with zero attached hydrogens (tertiary/aromatic N) is 1. The minimum absolute atomic E-state index is 0.101. The molecule has 1 aliphatic rings. The molecule has 1 saturated carbocycles. The number of rotatable bonds is 4. The number of carbonyl (C=O) groups is 2. The Morgan fingerprint density at radius 1 is 1.33 bits per heavy atom. The highest BCUT2D eigenvalue weighted by atomic mass is 16.4. The number of amides is 2. The van der Waals surface area contributed by atoms with Crippen LogP contribution in [0.5, 0.6) is 0 Å². The van der Waals surface area contributed by atoms with E-state index in [4.69, 9.17) is 5.11 Å². The summed E-state index contributed by atoms with van der Waals surface area (Å²) in [6.07, 6.45) is 4.50. The summed E-state index contributed by atoms with van der Waals surface area (Å²) in [6.45, 7) is 4.47. The molecular formula is C16H22N2O3. The summed E-state index contributed by atoms with van der Waals surface area (Å²) < 4.78 is 0. The second-order valence-electron chi connectivity index (χ2n) is 5.49. The highest BCUT2D eigenvalue weighted by Gasteiger charge is 2.25. The van der Waals surface area contributed by atoms with E-state index in [9.17, 15) is 9.59 Å². The molecule has 0 aromatic heterocycles. The van der Waals surface area contributed by atoms with Gasteiger partial charge in [-0.15, -0.1) is 0 Å². The maximum atomic E-state index is 12.4. The minimum atomic E-state index is -0.961. The van der Waals surface area contributed by atoms with E-state index in [0.717, 1.165) is 18.4 Å². The van der Waals surface area contributed by atoms with Crippen molar-refractivity contribution >= 4 is 17.7 Å². The average Bonchev–Trinajstić information content (AvgIpc) is 2.95. The van der Waals surface area contributed by atoms with Gasteiger partial charge in [0.15, 0.2) is 0 Å². The molecule has 114 valence electrons. The van der Waals surface area contributed by atoms with Crippen molar-refractivity contribution in [3.05, 3.63) is 29.3 Å². The van der Waals surface area contributed by atoms with Crippen LogP contribution in [0.1, 0.15) is 48.5 Å². The Balaban J connectivity index is 2.09. The molecule has 1 aromatic rings. The quantitative estimate of drug-likeness (QED) is 0.891. The van der Waals surface area contributed by atoms with E-state index in [-0.39, 0.29) is 11.6 Å². The van der Waals surface area contributed by atoms with Crippen molar-refractivity contribution in [2.24, 2.45) is 0 Å². The van der Waals surface area contributed by atoms with Gasteiger partial charge in [-0.05, 0) is 50.5 Å². The molecule has 2 rings (SSSR count). The Kier molecular flexibility index (Phi) is 4.83. The standard InChI is InChI=1S/C16H22N2O3/c1-3-18(13-6-4-5-7-13)16(21)17-14-9-8-12(15(19)20)10-11(14)2/h8-10,13H,3-7H2,1-2H3,(H,17,21)(H,19,20). The van der Waals surface area contributed by atoms with E-state index < -0.39 is 5.97 Å². The first-order valence-corrected chi connectivity index (χ1v) is 7.44. The summed E-state index contributed by atoms with van der Waals surface area (Å²) in [4.78, 5) is 25.2. The maximum absolute atomic E-state index is 12.4. The molecule has 2 N–H and O–H groups in total. The number of hydrogen-bond donors (Lipinski definition) is 2. The summed E-state index contributed by atoms with van der Waals surface area (Å²) in [5, 5.41) is 11.9. The number of anilines is 1. The van der Waals surface area contributed by atoms with Crippen molar-refractivity contribution in [1.82, 2.24) is 4.90 Å². The van der Waals surface area contributed by atoms with Gasteiger partial charge >= 0.3 is 12.0 Å².